The van der Waals surface area contributed by atoms with E-state index in [4.69, 9.17) is 0 Å². The Morgan fingerprint density at radius 1 is 1.50 bits per heavy atom. The molecule has 0 radical (unpaired) electrons. The van der Waals surface area contributed by atoms with E-state index in [1.807, 2.05) is 0 Å². The van der Waals surface area contributed by atoms with Crippen LogP contribution in [0.1, 0.15) is 12.8 Å². The molecule has 1 aliphatic rings. The topological polar surface area (TPSA) is 17.1 Å². The SMILES string of the molecule is O=C1CCC[N+]1(S)S. The first kappa shape index (κ1) is 6.45. The standard InChI is InChI=1S/C4H8NOS2/c6-4-2-1-3-5(4,7)8/h7-8H,1-3H2/q+1. The smallest absolute Gasteiger partial charge is 0.229 e. The quantitative estimate of drug-likeness (QED) is 0.386. The van der Waals surface area contributed by atoms with Crippen molar-refractivity contribution < 1.29 is 8.09 Å². The molecule has 2 nitrogen and oxygen atoms in total. The molecule has 0 unspecified atom stereocenters. The van der Waals surface area contributed by atoms with E-state index in [1.165, 1.54) is 0 Å². The lowest BCUT2D eigenvalue weighted by Crippen LogP contribution is -2.27. The summed E-state index contributed by atoms with van der Waals surface area (Å²) in [4.78, 5) is 10.7. The number of nitrogens with zero attached hydrogens (tertiary/aromatic N) is 1. The number of quaternary nitrogens is 1. The van der Waals surface area contributed by atoms with Gasteiger partial charge in [-0.1, -0.05) is 0 Å². The lowest BCUT2D eigenvalue weighted by molar-refractivity contribution is -0.542. The first-order chi connectivity index (χ1) is 3.63. The third-order valence-electron chi connectivity index (χ3n) is 1.26. The van der Waals surface area contributed by atoms with E-state index in [9.17, 15) is 4.79 Å². The Bertz CT molecular complexity index is 123. The summed E-state index contributed by atoms with van der Waals surface area (Å²) in [6.45, 7) is 0.755. The minimum absolute atomic E-state index is 0.0139. The molecule has 1 rings (SSSR count). The Kier molecular flexibility index (Phi) is 1.56. The fraction of sp³-hybridized carbons (Fsp3) is 0.750. The fourth-order valence-corrected chi connectivity index (χ4v) is 1.24. The van der Waals surface area contributed by atoms with Gasteiger partial charge in [0.1, 0.15) is 6.54 Å². The van der Waals surface area contributed by atoms with Crippen molar-refractivity contribution in [3.05, 3.63) is 0 Å². The summed E-state index contributed by atoms with van der Waals surface area (Å²) in [5.74, 6) is 0.108. The Morgan fingerprint density at radius 3 is 2.25 bits per heavy atom. The molecule has 46 valence electrons. The van der Waals surface area contributed by atoms with Gasteiger partial charge in [0.15, 0.2) is 0 Å². The van der Waals surface area contributed by atoms with Crippen molar-refractivity contribution in [3.63, 3.8) is 0 Å². The van der Waals surface area contributed by atoms with Crippen LogP contribution in [-0.4, -0.2) is 15.7 Å². The van der Waals surface area contributed by atoms with Crippen molar-refractivity contribution in [1.29, 1.82) is 0 Å². The number of hydrogen-bond donors (Lipinski definition) is 2. The Morgan fingerprint density at radius 2 is 2.12 bits per heavy atom. The molecule has 0 spiro atoms. The van der Waals surface area contributed by atoms with Gasteiger partial charge in [0.05, 0.1) is 32.1 Å². The maximum atomic E-state index is 10.7. The largest absolute Gasteiger partial charge is 0.336 e. The molecule has 0 atom stereocenters. The van der Waals surface area contributed by atoms with Crippen molar-refractivity contribution in [1.82, 2.24) is 0 Å². The number of carbonyl (C=O) groups is 1. The first-order valence-corrected chi connectivity index (χ1v) is 3.30. The summed E-state index contributed by atoms with van der Waals surface area (Å²) in [6, 6.07) is 0. The second-order valence-electron chi connectivity index (χ2n) is 1.95. The van der Waals surface area contributed by atoms with Gasteiger partial charge in [-0.15, -0.1) is 3.29 Å². The molecule has 1 saturated heterocycles. The van der Waals surface area contributed by atoms with E-state index >= 15 is 0 Å². The van der Waals surface area contributed by atoms with Gasteiger partial charge in [-0.2, -0.15) is 0 Å². The fourth-order valence-electron chi connectivity index (χ4n) is 0.755. The molecule has 0 bridgehead atoms. The predicted molar refractivity (Wildman–Crippen MR) is 37.3 cm³/mol. The number of amides is 1. The van der Waals surface area contributed by atoms with Gasteiger partial charge in [-0.05, 0) is 0 Å². The number of rotatable bonds is 0. The highest BCUT2D eigenvalue weighted by Crippen LogP contribution is 2.26. The second kappa shape index (κ2) is 1.93. The maximum Gasteiger partial charge on any atom is 0.336 e. The van der Waals surface area contributed by atoms with Crippen LogP contribution < -0.4 is 0 Å². The van der Waals surface area contributed by atoms with Crippen LogP contribution in [0, 0.1) is 0 Å². The third kappa shape index (κ3) is 1.01. The van der Waals surface area contributed by atoms with Gasteiger partial charge < -0.3 is 0 Å². The lowest BCUT2D eigenvalue weighted by Gasteiger charge is -2.11. The Hall–Kier alpha value is 0.330. The summed E-state index contributed by atoms with van der Waals surface area (Å²) in [5, 5.41) is 0. The van der Waals surface area contributed by atoms with E-state index in [0.29, 0.717) is 6.42 Å². The van der Waals surface area contributed by atoms with E-state index in [2.05, 4.69) is 25.6 Å². The van der Waals surface area contributed by atoms with E-state index in [-0.39, 0.29) is 9.20 Å². The van der Waals surface area contributed by atoms with Gasteiger partial charge in [0.25, 0.3) is 0 Å². The van der Waals surface area contributed by atoms with Crippen LogP contribution in [0.25, 0.3) is 0 Å². The van der Waals surface area contributed by atoms with Crippen LogP contribution in [0.3, 0.4) is 0 Å². The number of thiol groups is 2. The minimum atomic E-state index is -0.0139. The van der Waals surface area contributed by atoms with Crippen LogP contribution in [-0.2, 0) is 4.79 Å². The lowest BCUT2D eigenvalue weighted by atomic mass is 10.4. The minimum Gasteiger partial charge on any atom is -0.229 e. The molecule has 1 heterocycles. The molecule has 0 aromatic carbocycles. The highest BCUT2D eigenvalue weighted by Gasteiger charge is 2.35. The molecule has 8 heavy (non-hydrogen) atoms. The van der Waals surface area contributed by atoms with Crippen LogP contribution in [0.5, 0.6) is 0 Å². The molecule has 0 saturated carbocycles. The third-order valence-corrected chi connectivity index (χ3v) is 2.11. The molecule has 0 aromatic rings. The Labute approximate surface area is 59.5 Å². The van der Waals surface area contributed by atoms with E-state index in [0.717, 1.165) is 13.0 Å². The van der Waals surface area contributed by atoms with Gasteiger partial charge >= 0.3 is 5.91 Å². The van der Waals surface area contributed by atoms with E-state index in [1.54, 1.807) is 0 Å². The maximum absolute atomic E-state index is 10.7. The van der Waals surface area contributed by atoms with Crippen molar-refractivity contribution >= 4 is 31.5 Å². The zero-order valence-corrected chi connectivity index (χ0v) is 6.16. The first-order valence-electron chi connectivity index (χ1n) is 2.50. The summed E-state index contributed by atoms with van der Waals surface area (Å²) < 4.78 is -0.0139. The van der Waals surface area contributed by atoms with Crippen molar-refractivity contribution in [2.45, 2.75) is 12.8 Å². The summed E-state index contributed by atoms with van der Waals surface area (Å²) in [7, 11) is 0. The Balaban J connectivity index is 2.68. The van der Waals surface area contributed by atoms with Crippen molar-refractivity contribution in [2.75, 3.05) is 6.54 Å². The van der Waals surface area contributed by atoms with Gasteiger partial charge in [-0.3, -0.25) is 0 Å². The van der Waals surface area contributed by atoms with Crippen LogP contribution in [0.2, 0.25) is 0 Å². The molecule has 0 aromatic heterocycles. The van der Waals surface area contributed by atoms with Crippen molar-refractivity contribution in [2.24, 2.45) is 0 Å². The summed E-state index contributed by atoms with van der Waals surface area (Å²) in [5.41, 5.74) is 0. The molecule has 4 heteroatoms. The molecule has 0 N–H and O–H groups in total. The highest BCUT2D eigenvalue weighted by atomic mass is 32.2. The molecule has 0 aliphatic carbocycles. The summed E-state index contributed by atoms with van der Waals surface area (Å²) >= 11 is 7.99. The van der Waals surface area contributed by atoms with Gasteiger partial charge in [-0.25, -0.2) is 4.79 Å². The molecular formula is C4H8NOS2+. The zero-order valence-electron chi connectivity index (χ0n) is 4.37. The predicted octanol–water partition coefficient (Wildman–Crippen LogP) is 0.813. The van der Waals surface area contributed by atoms with Crippen LogP contribution in [0.15, 0.2) is 0 Å². The monoisotopic (exact) mass is 150 g/mol. The molecule has 1 fully saturated rings. The van der Waals surface area contributed by atoms with Crippen LogP contribution in [0.4, 0.5) is 0 Å². The average Bonchev–Trinajstić information content (AvgIpc) is 1.86. The van der Waals surface area contributed by atoms with E-state index < -0.39 is 0 Å². The second-order valence-corrected chi connectivity index (χ2v) is 3.63. The molecular weight excluding hydrogens is 142 g/mol. The van der Waals surface area contributed by atoms with Crippen LogP contribution >= 0.6 is 25.6 Å². The van der Waals surface area contributed by atoms with Gasteiger partial charge in [0, 0.05) is 6.42 Å². The zero-order chi connectivity index (χ0) is 6.20. The summed E-state index contributed by atoms with van der Waals surface area (Å²) in [6.07, 6.45) is 1.55. The highest BCUT2D eigenvalue weighted by molar-refractivity contribution is 7.88. The number of carbonyl (C=O) groups excluding carboxylic acids is 1. The average molecular weight is 150 g/mol. The number of hydrogen-bond acceptors (Lipinski definition) is 3. The molecule has 1 aliphatic heterocycles. The normalized spacial score (nSPS) is 26.5. The molecule has 1 amide bonds. The van der Waals surface area contributed by atoms with Gasteiger partial charge in [0.2, 0.25) is 0 Å². The van der Waals surface area contributed by atoms with Crippen molar-refractivity contribution in [3.8, 4) is 0 Å².